The maximum absolute atomic E-state index is 11.1. The van der Waals surface area contributed by atoms with E-state index in [0.29, 0.717) is 24.4 Å². The fourth-order valence-corrected chi connectivity index (χ4v) is 12.9. The first-order chi connectivity index (χ1) is 22.7. The average molecular weight is 653 g/mol. The molecule has 10 atom stereocenters. The zero-order chi connectivity index (χ0) is 34.2. The average Bonchev–Trinajstić information content (AvgIpc) is 3.06. The van der Waals surface area contributed by atoms with Crippen LogP contribution in [0.5, 0.6) is 0 Å². The van der Waals surface area contributed by atoms with E-state index in [9.17, 15) is 10.2 Å². The zero-order valence-electron chi connectivity index (χ0n) is 31.2. The van der Waals surface area contributed by atoms with Crippen molar-refractivity contribution in [2.45, 2.75) is 138 Å². The van der Waals surface area contributed by atoms with Crippen LogP contribution in [0.1, 0.15) is 123 Å². The third kappa shape index (κ3) is 5.31. The predicted octanol–water partition coefficient (Wildman–Crippen LogP) is 10.1. The van der Waals surface area contributed by atoms with Crippen molar-refractivity contribution >= 4 is 0 Å². The minimum Gasteiger partial charge on any atom is -0.396 e. The van der Waals surface area contributed by atoms with E-state index >= 15 is 0 Å². The van der Waals surface area contributed by atoms with E-state index in [2.05, 4.69) is 109 Å². The number of rotatable bonds is 7. The van der Waals surface area contributed by atoms with Crippen molar-refractivity contribution in [1.82, 2.24) is 0 Å². The van der Waals surface area contributed by atoms with Crippen LogP contribution in [0.4, 0.5) is 0 Å². The van der Waals surface area contributed by atoms with E-state index in [-0.39, 0.29) is 39.8 Å². The lowest BCUT2D eigenvalue weighted by molar-refractivity contribution is -0.220. The molecule has 0 radical (unpaired) electrons. The van der Waals surface area contributed by atoms with Crippen LogP contribution in [-0.4, -0.2) is 29.0 Å². The molecule has 2 aromatic carbocycles. The molecule has 5 aliphatic rings. The van der Waals surface area contributed by atoms with Gasteiger partial charge in [0.25, 0.3) is 0 Å². The van der Waals surface area contributed by atoms with Crippen molar-refractivity contribution in [3.8, 4) is 0 Å². The fourth-order valence-electron chi connectivity index (χ4n) is 12.9. The summed E-state index contributed by atoms with van der Waals surface area (Å²) in [7, 11) is 0. The number of aliphatic hydroxyl groups excluding tert-OH is 2. The molecule has 0 aromatic heterocycles. The van der Waals surface area contributed by atoms with Gasteiger partial charge in [0.1, 0.15) is 0 Å². The Hall–Kier alpha value is -1.94. The summed E-state index contributed by atoms with van der Waals surface area (Å²) in [6, 6.07) is 20.0. The van der Waals surface area contributed by atoms with Gasteiger partial charge in [-0.2, -0.15) is 0 Å². The molecule has 0 amide bonds. The molecule has 5 aliphatic carbocycles. The second-order valence-corrected chi connectivity index (χ2v) is 19.2. The first-order valence-corrected chi connectivity index (χ1v) is 19.4. The molecule has 0 heterocycles. The van der Waals surface area contributed by atoms with Crippen LogP contribution in [0.25, 0.3) is 0 Å². The molecule has 48 heavy (non-hydrogen) atoms. The van der Waals surface area contributed by atoms with Gasteiger partial charge in [-0.3, -0.25) is 0 Å². The highest BCUT2D eigenvalue weighted by atomic mass is 16.5. The SMILES string of the molecule is CC1(C)C[C@@H](OCc2ccc(CCc3ccccc3)cc2)[C@]2(C)CC[C@]3(C)C(=CCC4[C@@]5(C)CC[C@H](O)[C@](C)(CO)C5CC[C@]43C)[C@@H]2C1. The number of hydrogen-bond acceptors (Lipinski definition) is 3. The maximum Gasteiger partial charge on any atom is 0.0720 e. The summed E-state index contributed by atoms with van der Waals surface area (Å²) >= 11 is 0. The van der Waals surface area contributed by atoms with Gasteiger partial charge in [-0.25, -0.2) is 0 Å². The van der Waals surface area contributed by atoms with Gasteiger partial charge in [0, 0.05) is 10.8 Å². The number of allylic oxidation sites excluding steroid dienone is 2. The standard InChI is InChI=1S/C45H64O3/c1-40(2)27-35-34-19-20-37-42(4)23-22-38(47)43(5,30-46)36(42)21-24-45(37,7)44(34,6)26-25-41(35,3)39(28-40)48-29-33-17-15-32(16-18-33)14-13-31-11-9-8-10-12-31/h8-12,15-19,35-39,46-47H,13-14,20-30H2,1-7H3/t35-,36?,37?,38-,39+,41+,42-,43+,44+,45+/m0/s1. The molecule has 0 aliphatic heterocycles. The summed E-state index contributed by atoms with van der Waals surface area (Å²) in [5.41, 5.74) is 6.35. The van der Waals surface area contributed by atoms with Crippen LogP contribution in [0.2, 0.25) is 0 Å². The largest absolute Gasteiger partial charge is 0.396 e. The minimum absolute atomic E-state index is 0.0888. The molecule has 0 bridgehead atoms. The number of fused-ring (bicyclic) bond motifs is 7. The van der Waals surface area contributed by atoms with Gasteiger partial charge >= 0.3 is 0 Å². The molecular weight excluding hydrogens is 588 g/mol. The first-order valence-electron chi connectivity index (χ1n) is 19.4. The highest BCUT2D eigenvalue weighted by molar-refractivity contribution is 5.34. The fraction of sp³-hybridized carbons (Fsp3) is 0.689. The molecule has 262 valence electrons. The quantitative estimate of drug-likeness (QED) is 0.293. The third-order valence-electron chi connectivity index (χ3n) is 16.2. The molecule has 2 unspecified atom stereocenters. The van der Waals surface area contributed by atoms with Gasteiger partial charge in [-0.1, -0.05) is 115 Å². The van der Waals surface area contributed by atoms with Crippen molar-refractivity contribution < 1.29 is 14.9 Å². The Kier molecular flexibility index (Phi) is 8.69. The van der Waals surface area contributed by atoms with Gasteiger partial charge in [0.05, 0.1) is 25.4 Å². The smallest absolute Gasteiger partial charge is 0.0720 e. The lowest BCUT2D eigenvalue weighted by Crippen LogP contribution is -2.66. The summed E-state index contributed by atoms with van der Waals surface area (Å²) in [6.45, 7) is 18.3. The van der Waals surface area contributed by atoms with E-state index in [0.717, 1.165) is 44.9 Å². The second-order valence-electron chi connectivity index (χ2n) is 19.2. The van der Waals surface area contributed by atoms with E-state index < -0.39 is 11.5 Å². The Labute approximate surface area is 292 Å². The molecule has 4 fully saturated rings. The van der Waals surface area contributed by atoms with Crippen LogP contribution in [0, 0.1) is 50.2 Å². The van der Waals surface area contributed by atoms with Crippen LogP contribution >= 0.6 is 0 Å². The predicted molar refractivity (Wildman–Crippen MR) is 196 cm³/mol. The van der Waals surface area contributed by atoms with E-state index in [1.165, 1.54) is 42.4 Å². The van der Waals surface area contributed by atoms with Gasteiger partial charge in [0.15, 0.2) is 0 Å². The van der Waals surface area contributed by atoms with Crippen LogP contribution in [0.3, 0.4) is 0 Å². The van der Waals surface area contributed by atoms with E-state index in [4.69, 9.17) is 4.74 Å². The Morgan fingerprint density at radius 2 is 1.38 bits per heavy atom. The van der Waals surface area contributed by atoms with E-state index in [1.807, 2.05) is 0 Å². The summed E-state index contributed by atoms with van der Waals surface area (Å²) in [5.74, 6) is 1.50. The molecule has 3 heteroatoms. The zero-order valence-corrected chi connectivity index (χ0v) is 31.2. The number of aryl methyl sites for hydroxylation is 2. The highest BCUT2D eigenvalue weighted by Gasteiger charge is 2.69. The molecule has 0 saturated heterocycles. The highest BCUT2D eigenvalue weighted by Crippen LogP contribution is 2.75. The summed E-state index contributed by atoms with van der Waals surface area (Å²) in [6.07, 6.45) is 14.9. The monoisotopic (exact) mass is 652 g/mol. The van der Waals surface area contributed by atoms with Crippen molar-refractivity contribution in [2.24, 2.45) is 50.2 Å². The number of hydrogen-bond donors (Lipinski definition) is 2. The molecule has 3 nitrogen and oxygen atoms in total. The van der Waals surface area contributed by atoms with Crippen molar-refractivity contribution in [3.05, 3.63) is 82.9 Å². The lowest BCUT2D eigenvalue weighted by Gasteiger charge is -2.71. The maximum atomic E-state index is 11.1. The number of ether oxygens (including phenoxy) is 1. The molecule has 2 aromatic rings. The number of benzene rings is 2. The van der Waals surface area contributed by atoms with Crippen molar-refractivity contribution in [1.29, 1.82) is 0 Å². The molecule has 7 rings (SSSR count). The Balaban J connectivity index is 1.11. The summed E-state index contributed by atoms with van der Waals surface area (Å²) in [5, 5.41) is 21.7. The van der Waals surface area contributed by atoms with Crippen molar-refractivity contribution in [2.75, 3.05) is 6.61 Å². The second kappa shape index (κ2) is 12.1. The summed E-state index contributed by atoms with van der Waals surface area (Å²) < 4.78 is 7.05. The third-order valence-corrected chi connectivity index (χ3v) is 16.2. The lowest BCUT2D eigenvalue weighted by atomic mass is 9.33. The van der Waals surface area contributed by atoms with Gasteiger partial charge in [-0.15, -0.1) is 0 Å². The van der Waals surface area contributed by atoms with Gasteiger partial charge < -0.3 is 14.9 Å². The molecular formula is C45H64O3. The Morgan fingerprint density at radius 3 is 2.06 bits per heavy atom. The van der Waals surface area contributed by atoms with E-state index in [1.54, 1.807) is 5.57 Å². The van der Waals surface area contributed by atoms with Gasteiger partial charge in [0.2, 0.25) is 0 Å². The van der Waals surface area contributed by atoms with Crippen LogP contribution < -0.4 is 0 Å². The Bertz CT molecular complexity index is 1490. The first kappa shape index (κ1) is 34.5. The Morgan fingerprint density at radius 1 is 0.708 bits per heavy atom. The van der Waals surface area contributed by atoms with Crippen molar-refractivity contribution in [3.63, 3.8) is 0 Å². The number of aliphatic hydroxyl groups is 2. The molecule has 2 N–H and O–H groups in total. The topological polar surface area (TPSA) is 49.7 Å². The molecule has 0 spiro atoms. The van der Waals surface area contributed by atoms with Crippen LogP contribution in [0.15, 0.2) is 66.2 Å². The summed E-state index contributed by atoms with van der Waals surface area (Å²) in [4.78, 5) is 0. The normalized spacial score (nSPS) is 43.3. The molecule has 4 saturated carbocycles. The van der Waals surface area contributed by atoms with Crippen LogP contribution in [-0.2, 0) is 24.2 Å². The van der Waals surface area contributed by atoms with Gasteiger partial charge in [-0.05, 0) is 127 Å². The minimum atomic E-state index is -0.399.